The molecule has 0 radical (unpaired) electrons. The summed E-state index contributed by atoms with van der Waals surface area (Å²) in [4.78, 5) is 0. The minimum absolute atomic E-state index is 0.164. The zero-order chi connectivity index (χ0) is 11.6. The number of hydrogen-bond donors (Lipinski definition) is 1. The van der Waals surface area contributed by atoms with E-state index in [2.05, 4.69) is 0 Å². The summed E-state index contributed by atoms with van der Waals surface area (Å²) < 4.78 is 24.1. The van der Waals surface area contributed by atoms with Gasteiger partial charge in [0.1, 0.15) is 0 Å². The van der Waals surface area contributed by atoms with Crippen LogP contribution in [-0.2, 0) is 10.3 Å². The third-order valence-electron chi connectivity index (χ3n) is 3.00. The SMILES string of the molecule is COc1cccc(C2(O)CCOCC2)c1F. The van der Waals surface area contributed by atoms with Crippen LogP contribution in [0.4, 0.5) is 4.39 Å². The van der Waals surface area contributed by atoms with Crippen molar-refractivity contribution in [1.82, 2.24) is 0 Å². The lowest BCUT2D eigenvalue weighted by Gasteiger charge is -2.32. The molecule has 0 bridgehead atoms. The molecule has 2 rings (SSSR count). The molecule has 0 atom stereocenters. The molecule has 0 unspecified atom stereocenters. The van der Waals surface area contributed by atoms with Gasteiger partial charge in [0.05, 0.1) is 12.7 Å². The van der Waals surface area contributed by atoms with E-state index in [0.29, 0.717) is 31.6 Å². The summed E-state index contributed by atoms with van der Waals surface area (Å²) in [6.07, 6.45) is 0.828. The Bertz CT molecular complexity index is 373. The second-order valence-electron chi connectivity index (χ2n) is 3.97. The van der Waals surface area contributed by atoms with E-state index >= 15 is 0 Å². The lowest BCUT2D eigenvalue weighted by Crippen LogP contribution is -2.34. The van der Waals surface area contributed by atoms with Gasteiger partial charge in [-0.25, -0.2) is 4.39 Å². The van der Waals surface area contributed by atoms with Crippen LogP contribution in [0.25, 0.3) is 0 Å². The molecule has 1 N–H and O–H groups in total. The monoisotopic (exact) mass is 226 g/mol. The fourth-order valence-electron chi connectivity index (χ4n) is 2.01. The first-order valence-corrected chi connectivity index (χ1v) is 5.30. The normalized spacial score (nSPS) is 19.4. The summed E-state index contributed by atoms with van der Waals surface area (Å²) in [6.45, 7) is 0.903. The highest BCUT2D eigenvalue weighted by Gasteiger charge is 2.35. The molecular formula is C12H15FO3. The number of hydrogen-bond acceptors (Lipinski definition) is 3. The number of halogens is 1. The lowest BCUT2D eigenvalue weighted by molar-refractivity contribution is -0.0699. The quantitative estimate of drug-likeness (QED) is 0.836. The maximum atomic E-state index is 14.0. The third-order valence-corrected chi connectivity index (χ3v) is 3.00. The summed E-state index contributed by atoms with van der Waals surface area (Å²) in [5.74, 6) is -0.313. The Morgan fingerprint density at radius 1 is 1.38 bits per heavy atom. The van der Waals surface area contributed by atoms with Crippen LogP contribution >= 0.6 is 0 Å². The van der Waals surface area contributed by atoms with E-state index in [4.69, 9.17) is 9.47 Å². The van der Waals surface area contributed by atoms with Crippen LogP contribution in [0.1, 0.15) is 18.4 Å². The van der Waals surface area contributed by atoms with Crippen molar-refractivity contribution in [3.05, 3.63) is 29.6 Å². The molecule has 1 aromatic carbocycles. The first-order chi connectivity index (χ1) is 7.67. The van der Waals surface area contributed by atoms with Gasteiger partial charge in [-0.3, -0.25) is 0 Å². The Kier molecular flexibility index (Phi) is 3.12. The van der Waals surface area contributed by atoms with Gasteiger partial charge in [-0.2, -0.15) is 0 Å². The molecule has 0 spiro atoms. The molecule has 1 aromatic rings. The van der Waals surface area contributed by atoms with E-state index in [9.17, 15) is 9.50 Å². The largest absolute Gasteiger partial charge is 0.494 e. The summed E-state index contributed by atoms with van der Waals surface area (Å²) >= 11 is 0. The lowest BCUT2D eigenvalue weighted by atomic mass is 9.86. The molecule has 1 saturated heterocycles. The highest BCUT2D eigenvalue weighted by atomic mass is 19.1. The van der Waals surface area contributed by atoms with E-state index in [1.54, 1.807) is 18.2 Å². The van der Waals surface area contributed by atoms with Crippen LogP contribution in [0.5, 0.6) is 5.75 Å². The maximum absolute atomic E-state index is 14.0. The highest BCUT2D eigenvalue weighted by Crippen LogP contribution is 2.36. The highest BCUT2D eigenvalue weighted by molar-refractivity contribution is 5.34. The van der Waals surface area contributed by atoms with Crippen LogP contribution in [0.3, 0.4) is 0 Å². The van der Waals surface area contributed by atoms with E-state index < -0.39 is 11.4 Å². The summed E-state index contributed by atoms with van der Waals surface area (Å²) in [5.41, 5.74) is -0.827. The summed E-state index contributed by atoms with van der Waals surface area (Å²) in [5, 5.41) is 10.4. The van der Waals surface area contributed by atoms with Gasteiger partial charge in [0.2, 0.25) is 0 Å². The van der Waals surface area contributed by atoms with Gasteiger partial charge in [-0.1, -0.05) is 12.1 Å². The van der Waals surface area contributed by atoms with Gasteiger partial charge in [0, 0.05) is 31.6 Å². The zero-order valence-corrected chi connectivity index (χ0v) is 9.20. The molecule has 0 saturated carbocycles. The smallest absolute Gasteiger partial charge is 0.171 e. The van der Waals surface area contributed by atoms with Crippen molar-refractivity contribution >= 4 is 0 Å². The Morgan fingerprint density at radius 3 is 2.69 bits per heavy atom. The van der Waals surface area contributed by atoms with Crippen molar-refractivity contribution < 1.29 is 19.0 Å². The van der Waals surface area contributed by atoms with E-state index in [1.165, 1.54) is 7.11 Å². The summed E-state index contributed by atoms with van der Waals surface area (Å²) in [7, 11) is 1.41. The molecule has 88 valence electrons. The Hall–Kier alpha value is -1.13. The van der Waals surface area contributed by atoms with Crippen molar-refractivity contribution in [2.45, 2.75) is 18.4 Å². The fourth-order valence-corrected chi connectivity index (χ4v) is 2.01. The Balaban J connectivity index is 2.38. The molecule has 4 heteroatoms. The van der Waals surface area contributed by atoms with Crippen LogP contribution in [-0.4, -0.2) is 25.4 Å². The number of ether oxygens (including phenoxy) is 2. The minimum Gasteiger partial charge on any atom is -0.494 e. The van der Waals surface area contributed by atoms with Crippen LogP contribution < -0.4 is 4.74 Å². The minimum atomic E-state index is -1.13. The van der Waals surface area contributed by atoms with Gasteiger partial charge >= 0.3 is 0 Å². The average molecular weight is 226 g/mol. The molecule has 1 aliphatic rings. The van der Waals surface area contributed by atoms with Crippen molar-refractivity contribution in [1.29, 1.82) is 0 Å². The number of benzene rings is 1. The molecule has 0 aromatic heterocycles. The molecule has 0 amide bonds. The average Bonchev–Trinajstić information content (AvgIpc) is 2.30. The molecule has 0 aliphatic carbocycles. The van der Waals surface area contributed by atoms with E-state index in [-0.39, 0.29) is 5.75 Å². The standard InChI is InChI=1S/C12H15FO3/c1-15-10-4-2-3-9(11(10)13)12(14)5-7-16-8-6-12/h2-4,14H,5-8H2,1H3. The molecule has 1 fully saturated rings. The summed E-state index contributed by atoms with van der Waals surface area (Å²) in [6, 6.07) is 4.83. The molecule has 16 heavy (non-hydrogen) atoms. The molecular weight excluding hydrogens is 211 g/mol. The second-order valence-corrected chi connectivity index (χ2v) is 3.97. The fraction of sp³-hybridized carbons (Fsp3) is 0.500. The van der Waals surface area contributed by atoms with Crippen molar-refractivity contribution in [2.24, 2.45) is 0 Å². The third kappa shape index (κ3) is 1.90. The van der Waals surface area contributed by atoms with Gasteiger partial charge in [0.15, 0.2) is 11.6 Å². The predicted octanol–water partition coefficient (Wildman–Crippen LogP) is 1.83. The van der Waals surface area contributed by atoms with Crippen LogP contribution in [0, 0.1) is 5.82 Å². The molecule has 3 nitrogen and oxygen atoms in total. The molecule has 1 aliphatic heterocycles. The predicted molar refractivity (Wildman–Crippen MR) is 56.9 cm³/mol. The van der Waals surface area contributed by atoms with E-state index in [0.717, 1.165) is 0 Å². The number of aliphatic hydroxyl groups is 1. The number of rotatable bonds is 2. The van der Waals surface area contributed by atoms with Gasteiger partial charge in [-0.05, 0) is 6.07 Å². The van der Waals surface area contributed by atoms with Gasteiger partial charge < -0.3 is 14.6 Å². The van der Waals surface area contributed by atoms with Gasteiger partial charge in [0.25, 0.3) is 0 Å². The second kappa shape index (κ2) is 4.39. The van der Waals surface area contributed by atoms with Crippen LogP contribution in [0.15, 0.2) is 18.2 Å². The topological polar surface area (TPSA) is 38.7 Å². The first-order valence-electron chi connectivity index (χ1n) is 5.30. The van der Waals surface area contributed by atoms with Crippen molar-refractivity contribution in [3.8, 4) is 5.75 Å². The van der Waals surface area contributed by atoms with Gasteiger partial charge in [-0.15, -0.1) is 0 Å². The van der Waals surface area contributed by atoms with Crippen molar-refractivity contribution in [2.75, 3.05) is 20.3 Å². The van der Waals surface area contributed by atoms with E-state index in [1.807, 2.05) is 0 Å². The molecule has 1 heterocycles. The van der Waals surface area contributed by atoms with Crippen LogP contribution in [0.2, 0.25) is 0 Å². The zero-order valence-electron chi connectivity index (χ0n) is 9.20. The number of methoxy groups -OCH3 is 1. The van der Waals surface area contributed by atoms with Crippen molar-refractivity contribution in [3.63, 3.8) is 0 Å². The Labute approximate surface area is 93.8 Å². The Morgan fingerprint density at radius 2 is 2.06 bits per heavy atom. The first kappa shape index (κ1) is 11.4. The maximum Gasteiger partial charge on any atom is 0.171 e.